The predicted molar refractivity (Wildman–Crippen MR) is 193 cm³/mol. The fourth-order valence-electron chi connectivity index (χ4n) is 6.16. The van der Waals surface area contributed by atoms with Crippen LogP contribution in [0.1, 0.15) is 0 Å². The van der Waals surface area contributed by atoms with Crippen LogP contribution in [-0.2, 0) is 0 Å². The topological polar surface area (TPSA) is 92.0 Å². The quantitative estimate of drug-likeness (QED) is 0.0995. The van der Waals surface area contributed by atoms with Crippen LogP contribution in [0.5, 0.6) is 11.5 Å². The standard InChI is InChI=1S/C16H10O2.2C12H8N2.Si/c17-15-11-5-1-3-9-7-8-10-4-2-6-12(16(15)18)14(10)13(9)11;2*1-3-9-5-6-10-4-2-8-14-12(10)11(9)13-7-1;/h1-8,17-18H;2*1-8H;/q;;;+4. The predicted octanol–water partition coefficient (Wildman–Crippen LogP) is 9.18. The van der Waals surface area contributed by atoms with Crippen LogP contribution >= 0.6 is 0 Å². The summed E-state index contributed by atoms with van der Waals surface area (Å²) >= 11 is 0. The van der Waals surface area contributed by atoms with E-state index in [-0.39, 0.29) is 22.5 Å². The number of hydrogen-bond acceptors (Lipinski definition) is 6. The van der Waals surface area contributed by atoms with Gasteiger partial charge in [-0.05, 0) is 35.0 Å². The van der Waals surface area contributed by atoms with Gasteiger partial charge in [0.1, 0.15) is 0 Å². The number of aromatic hydroxyl groups is 2. The Morgan fingerprint density at radius 1 is 0.319 bits per heavy atom. The van der Waals surface area contributed by atoms with Crippen LogP contribution in [0.25, 0.3) is 75.9 Å². The molecule has 7 heteroatoms. The molecular weight excluding hydrogens is 597 g/mol. The fraction of sp³-hybridized carbons (Fsp3) is 0. The molecule has 47 heavy (non-hydrogen) atoms. The Balaban J connectivity index is 0.000000112. The van der Waals surface area contributed by atoms with Gasteiger partial charge in [0, 0.05) is 67.9 Å². The van der Waals surface area contributed by atoms with Crippen LogP contribution in [0.2, 0.25) is 0 Å². The van der Waals surface area contributed by atoms with Gasteiger partial charge in [0.15, 0.2) is 11.5 Å². The fourth-order valence-corrected chi connectivity index (χ4v) is 6.16. The molecule has 0 aliphatic heterocycles. The molecule has 0 unspecified atom stereocenters. The number of hydrogen-bond donors (Lipinski definition) is 2. The van der Waals surface area contributed by atoms with E-state index in [4.69, 9.17) is 0 Å². The van der Waals surface area contributed by atoms with Gasteiger partial charge in [0.05, 0.1) is 22.1 Å². The van der Waals surface area contributed by atoms with Crippen LogP contribution in [-0.4, -0.2) is 41.1 Å². The van der Waals surface area contributed by atoms with Crippen LogP contribution in [0.15, 0.2) is 146 Å². The van der Waals surface area contributed by atoms with Gasteiger partial charge in [0.25, 0.3) is 0 Å². The molecule has 0 spiro atoms. The molecule has 0 bridgehead atoms. The first-order valence-corrected chi connectivity index (χ1v) is 14.9. The van der Waals surface area contributed by atoms with Gasteiger partial charge < -0.3 is 10.2 Å². The van der Waals surface area contributed by atoms with E-state index in [0.717, 1.165) is 65.2 Å². The molecule has 0 aliphatic carbocycles. The SMILES string of the molecule is Oc1c(O)c2cccc3ccc4cccc1c4c32.[Si+4].c1cnc2c(c1)ccc1cccnc12.c1cnc2c(c1)ccc1cccnc12. The van der Waals surface area contributed by atoms with E-state index in [2.05, 4.69) is 68.5 Å². The molecule has 0 fully saturated rings. The van der Waals surface area contributed by atoms with Gasteiger partial charge in [-0.1, -0.05) is 97.1 Å². The van der Waals surface area contributed by atoms with Crippen molar-refractivity contribution in [2.24, 2.45) is 0 Å². The molecule has 4 heterocycles. The summed E-state index contributed by atoms with van der Waals surface area (Å²) in [6.45, 7) is 0. The van der Waals surface area contributed by atoms with Crippen molar-refractivity contribution in [3.05, 3.63) is 146 Å². The first-order valence-electron chi connectivity index (χ1n) is 14.9. The summed E-state index contributed by atoms with van der Waals surface area (Å²) in [5, 5.41) is 30.4. The second kappa shape index (κ2) is 12.3. The number of phenolic OH excluding ortho intramolecular Hbond substituents is 2. The number of phenols is 2. The van der Waals surface area contributed by atoms with Crippen LogP contribution in [0, 0.1) is 0 Å². The van der Waals surface area contributed by atoms with Gasteiger partial charge in [-0.3, -0.25) is 19.9 Å². The average molecular weight is 623 g/mol. The smallest absolute Gasteiger partial charge is 0.504 e. The minimum atomic E-state index is -0.0354. The molecule has 0 saturated heterocycles. The maximum atomic E-state index is 10.1. The molecule has 0 saturated carbocycles. The monoisotopic (exact) mass is 622 g/mol. The number of fused-ring (bicyclic) bond motifs is 6. The number of pyridine rings is 4. The maximum absolute atomic E-state index is 10.1. The number of nitrogens with zero attached hydrogens (tertiary/aromatic N) is 4. The molecule has 218 valence electrons. The minimum Gasteiger partial charge on any atom is -0.504 e. The van der Waals surface area contributed by atoms with Crippen molar-refractivity contribution in [3.63, 3.8) is 0 Å². The average Bonchev–Trinajstić information content (AvgIpc) is 3.13. The Morgan fingerprint density at radius 3 is 0.915 bits per heavy atom. The molecule has 0 radical (unpaired) electrons. The third-order valence-corrected chi connectivity index (χ3v) is 8.31. The van der Waals surface area contributed by atoms with Crippen molar-refractivity contribution in [2.75, 3.05) is 0 Å². The molecule has 2 N–H and O–H groups in total. The first-order chi connectivity index (χ1) is 22.7. The van der Waals surface area contributed by atoms with Gasteiger partial charge in [-0.25, -0.2) is 0 Å². The Morgan fingerprint density at radius 2 is 0.596 bits per heavy atom. The molecule has 6 nitrogen and oxygen atoms in total. The number of aromatic nitrogens is 4. The summed E-state index contributed by atoms with van der Waals surface area (Å²) in [7, 11) is 0. The van der Waals surface area contributed by atoms with Gasteiger partial charge >= 0.3 is 11.0 Å². The maximum Gasteiger partial charge on any atom is 4.00 e. The molecule has 4 aromatic heterocycles. The van der Waals surface area contributed by atoms with E-state index in [1.807, 2.05) is 72.8 Å². The van der Waals surface area contributed by atoms with Crippen molar-refractivity contribution in [3.8, 4) is 11.5 Å². The van der Waals surface area contributed by atoms with Crippen molar-refractivity contribution in [2.45, 2.75) is 0 Å². The Hall–Kier alpha value is -6.18. The van der Waals surface area contributed by atoms with Crippen LogP contribution < -0.4 is 0 Å². The molecular formula is C40H26N4O2Si+4. The Kier molecular flexibility index (Phi) is 7.73. The summed E-state index contributed by atoms with van der Waals surface area (Å²) in [5.74, 6) is -0.0707. The normalized spacial score (nSPS) is 11.0. The minimum absolute atomic E-state index is 0. The van der Waals surface area contributed by atoms with E-state index < -0.39 is 0 Å². The van der Waals surface area contributed by atoms with Crippen LogP contribution in [0.4, 0.5) is 0 Å². The Labute approximate surface area is 274 Å². The van der Waals surface area contributed by atoms with Crippen molar-refractivity contribution in [1.29, 1.82) is 0 Å². The van der Waals surface area contributed by atoms with E-state index >= 15 is 0 Å². The van der Waals surface area contributed by atoms with Crippen molar-refractivity contribution < 1.29 is 10.2 Å². The Bertz CT molecular complexity index is 2400. The van der Waals surface area contributed by atoms with Crippen LogP contribution in [0.3, 0.4) is 0 Å². The molecule has 0 amide bonds. The first kappa shape index (κ1) is 29.5. The van der Waals surface area contributed by atoms with Gasteiger partial charge in [-0.15, -0.1) is 0 Å². The van der Waals surface area contributed by atoms with E-state index in [1.54, 1.807) is 24.8 Å². The summed E-state index contributed by atoms with van der Waals surface area (Å²) in [5.41, 5.74) is 3.91. The zero-order chi connectivity index (χ0) is 31.0. The molecule has 10 rings (SSSR count). The van der Waals surface area contributed by atoms with Gasteiger partial charge in [0.2, 0.25) is 0 Å². The molecule has 0 aliphatic rings. The summed E-state index contributed by atoms with van der Waals surface area (Å²) in [6.07, 6.45) is 7.21. The summed E-state index contributed by atoms with van der Waals surface area (Å²) in [4.78, 5) is 17.4. The van der Waals surface area contributed by atoms with Gasteiger partial charge in [-0.2, -0.15) is 0 Å². The number of rotatable bonds is 0. The van der Waals surface area contributed by atoms with Crippen molar-refractivity contribution in [1.82, 2.24) is 19.9 Å². The van der Waals surface area contributed by atoms with E-state index in [1.165, 1.54) is 0 Å². The molecule has 0 atom stereocenters. The third-order valence-electron chi connectivity index (χ3n) is 8.31. The number of benzene rings is 6. The van der Waals surface area contributed by atoms with Crippen molar-refractivity contribution >= 4 is 86.9 Å². The summed E-state index contributed by atoms with van der Waals surface area (Å²) < 4.78 is 0. The van der Waals surface area contributed by atoms with E-state index in [0.29, 0.717) is 10.8 Å². The molecule has 6 aromatic carbocycles. The third kappa shape index (κ3) is 5.18. The zero-order valence-electron chi connectivity index (χ0n) is 25.0. The second-order valence-electron chi connectivity index (χ2n) is 11.0. The second-order valence-corrected chi connectivity index (χ2v) is 11.0. The zero-order valence-corrected chi connectivity index (χ0v) is 26.0. The van der Waals surface area contributed by atoms with E-state index in [9.17, 15) is 10.2 Å². The summed E-state index contributed by atoms with van der Waals surface area (Å²) in [6, 6.07) is 39.9. The molecule has 10 aromatic rings. The largest absolute Gasteiger partial charge is 4.00 e.